The summed E-state index contributed by atoms with van der Waals surface area (Å²) in [4.78, 5) is 0. The Kier molecular flexibility index (Phi) is 9.79. The van der Waals surface area contributed by atoms with E-state index in [1.54, 1.807) is 0 Å². The average Bonchev–Trinajstić information content (AvgIpc) is 2.93. The van der Waals surface area contributed by atoms with Gasteiger partial charge in [0.25, 0.3) is 0 Å². The first-order valence-corrected chi connectivity index (χ1v) is 17.5. The van der Waals surface area contributed by atoms with E-state index >= 15 is 0 Å². The first-order valence-electron chi connectivity index (χ1n) is 17.5. The second-order valence-electron chi connectivity index (χ2n) is 16.5. The van der Waals surface area contributed by atoms with E-state index in [4.69, 9.17) is 4.74 Å². The number of fused-ring (bicyclic) bond motifs is 3. The number of hydrogen-bond acceptors (Lipinski definition) is 8. The Hall–Kier alpha value is -0.320. The number of rotatable bonds is 7. The lowest BCUT2D eigenvalue weighted by atomic mass is 9.39. The lowest BCUT2D eigenvalue weighted by Crippen LogP contribution is -2.78. The molecule has 0 aromatic heterocycles. The van der Waals surface area contributed by atoms with E-state index in [0.717, 1.165) is 25.2 Å². The third-order valence-corrected chi connectivity index (χ3v) is 14.2. The minimum Gasteiger partial charge on any atom is -0.393 e. The molecule has 0 saturated heterocycles. The molecule has 5 aliphatic carbocycles. The van der Waals surface area contributed by atoms with Crippen LogP contribution in [0.5, 0.6) is 0 Å². The fourth-order valence-electron chi connectivity index (χ4n) is 12.2. The van der Waals surface area contributed by atoms with Crippen molar-refractivity contribution in [3.8, 4) is 0 Å². The molecule has 0 heterocycles. The Balaban J connectivity index is 1.48. The largest absolute Gasteiger partial charge is 0.393 e. The molecule has 5 fully saturated rings. The summed E-state index contributed by atoms with van der Waals surface area (Å²) in [7, 11) is 1.82. The highest BCUT2D eigenvalue weighted by Gasteiger charge is 2.73. The van der Waals surface area contributed by atoms with Gasteiger partial charge in [0, 0.05) is 30.3 Å². The van der Waals surface area contributed by atoms with Crippen molar-refractivity contribution >= 4 is 0 Å². The van der Waals surface area contributed by atoms with Crippen LogP contribution in [0.15, 0.2) is 0 Å². The smallest absolute Gasteiger partial charge is 0.122 e. The molecule has 8 nitrogen and oxygen atoms in total. The van der Waals surface area contributed by atoms with Gasteiger partial charge in [-0.2, -0.15) is 0 Å². The summed E-state index contributed by atoms with van der Waals surface area (Å²) in [5, 5.41) is 80.7. The van der Waals surface area contributed by atoms with Crippen LogP contribution in [0.4, 0.5) is 0 Å². The summed E-state index contributed by atoms with van der Waals surface area (Å²) in [6.07, 6.45) is 2.92. The van der Waals surface area contributed by atoms with Gasteiger partial charge in [0.2, 0.25) is 0 Å². The molecular formula is C35H62O8. The van der Waals surface area contributed by atoms with E-state index in [9.17, 15) is 35.7 Å². The Morgan fingerprint density at radius 1 is 0.837 bits per heavy atom. The van der Waals surface area contributed by atoms with Crippen molar-refractivity contribution < 1.29 is 40.5 Å². The molecule has 0 aromatic carbocycles. The molecule has 43 heavy (non-hydrogen) atoms. The Bertz CT molecular complexity index is 958. The number of ether oxygens (including phenoxy) is 1. The molecule has 7 N–H and O–H groups in total. The zero-order chi connectivity index (χ0) is 31.6. The fourth-order valence-corrected chi connectivity index (χ4v) is 12.2. The number of aliphatic hydroxyl groups is 7. The molecule has 14 unspecified atom stereocenters. The van der Waals surface area contributed by atoms with E-state index in [-0.39, 0.29) is 24.4 Å². The van der Waals surface area contributed by atoms with Gasteiger partial charge in [0.15, 0.2) is 0 Å². The average molecular weight is 611 g/mol. The van der Waals surface area contributed by atoms with E-state index < -0.39 is 70.8 Å². The zero-order valence-electron chi connectivity index (χ0n) is 27.5. The van der Waals surface area contributed by atoms with Gasteiger partial charge in [-0.25, -0.2) is 0 Å². The summed E-state index contributed by atoms with van der Waals surface area (Å²) >= 11 is 0. The summed E-state index contributed by atoms with van der Waals surface area (Å²) in [6, 6.07) is 0. The van der Waals surface area contributed by atoms with Crippen molar-refractivity contribution in [3.63, 3.8) is 0 Å². The highest BCUT2D eigenvalue weighted by Crippen LogP contribution is 2.67. The third-order valence-electron chi connectivity index (χ3n) is 14.2. The van der Waals surface area contributed by atoms with Crippen LogP contribution in [0.2, 0.25) is 0 Å². The molecule has 0 aliphatic heterocycles. The maximum Gasteiger partial charge on any atom is 0.122 e. The van der Waals surface area contributed by atoms with Crippen molar-refractivity contribution in [2.24, 2.45) is 58.2 Å². The summed E-state index contributed by atoms with van der Waals surface area (Å²) in [5.41, 5.74) is -3.63. The van der Waals surface area contributed by atoms with Gasteiger partial charge in [0.1, 0.15) is 5.60 Å². The molecule has 5 rings (SSSR count). The predicted octanol–water partition coefficient (Wildman–Crippen LogP) is 3.26. The number of hydrogen-bond donors (Lipinski definition) is 7. The minimum absolute atomic E-state index is 0.0418. The van der Waals surface area contributed by atoms with Gasteiger partial charge in [-0.15, -0.1) is 0 Å². The van der Waals surface area contributed by atoms with Crippen LogP contribution in [0.1, 0.15) is 105 Å². The van der Waals surface area contributed by atoms with E-state index in [2.05, 4.69) is 20.8 Å². The molecule has 0 spiro atoms. The van der Waals surface area contributed by atoms with Crippen molar-refractivity contribution in [3.05, 3.63) is 0 Å². The van der Waals surface area contributed by atoms with Crippen LogP contribution in [-0.2, 0) is 4.74 Å². The van der Waals surface area contributed by atoms with E-state index in [1.807, 2.05) is 14.0 Å². The lowest BCUT2D eigenvalue weighted by molar-refractivity contribution is -0.337. The van der Waals surface area contributed by atoms with Gasteiger partial charge in [-0.1, -0.05) is 40.5 Å². The van der Waals surface area contributed by atoms with Gasteiger partial charge in [-0.3, -0.25) is 0 Å². The first-order chi connectivity index (χ1) is 20.2. The van der Waals surface area contributed by atoms with Crippen LogP contribution in [0.25, 0.3) is 0 Å². The normalized spacial score (nSPS) is 54.4. The SMILES string of the molecule is CCC(CC)CC1CCC(OC)C(C2CCC(O)C3C(O)C4C(O)[C@]5(O)C(O)C(C(C)O)C(O)C[C@]5(C)C[C@]4(C)CC23)C1. The first kappa shape index (κ1) is 34.0. The van der Waals surface area contributed by atoms with Crippen LogP contribution in [0, 0.1) is 58.2 Å². The molecule has 5 aliphatic rings. The quantitative estimate of drug-likeness (QED) is 0.232. The molecule has 5 saturated carbocycles. The molecule has 8 heteroatoms. The second-order valence-corrected chi connectivity index (χ2v) is 16.5. The number of methoxy groups -OCH3 is 1. The molecule has 17 atom stereocenters. The Morgan fingerprint density at radius 2 is 1.51 bits per heavy atom. The highest BCUT2D eigenvalue weighted by molar-refractivity contribution is 5.23. The van der Waals surface area contributed by atoms with Crippen LogP contribution in [-0.4, -0.2) is 91.2 Å². The molecule has 0 radical (unpaired) electrons. The highest BCUT2D eigenvalue weighted by atomic mass is 16.5. The zero-order valence-corrected chi connectivity index (χ0v) is 27.5. The van der Waals surface area contributed by atoms with E-state index in [1.165, 1.54) is 32.6 Å². The third kappa shape index (κ3) is 5.36. The van der Waals surface area contributed by atoms with Crippen molar-refractivity contribution in [2.75, 3.05) is 7.11 Å². The molecule has 0 bridgehead atoms. The topological polar surface area (TPSA) is 151 Å². The van der Waals surface area contributed by atoms with Gasteiger partial charge >= 0.3 is 0 Å². The van der Waals surface area contributed by atoms with Gasteiger partial charge < -0.3 is 40.5 Å². The van der Waals surface area contributed by atoms with Gasteiger partial charge in [-0.05, 0) is 99.7 Å². The second kappa shape index (κ2) is 12.4. The lowest BCUT2D eigenvalue weighted by Gasteiger charge is -2.69. The number of aliphatic hydroxyl groups excluding tert-OH is 6. The van der Waals surface area contributed by atoms with Crippen molar-refractivity contribution in [2.45, 2.75) is 154 Å². The fraction of sp³-hybridized carbons (Fsp3) is 1.00. The van der Waals surface area contributed by atoms with Gasteiger partial charge in [0.05, 0.1) is 42.7 Å². The maximum atomic E-state index is 12.2. The monoisotopic (exact) mass is 610 g/mol. The molecule has 0 aromatic rings. The summed E-state index contributed by atoms with van der Waals surface area (Å²) in [6.45, 7) is 9.98. The summed E-state index contributed by atoms with van der Waals surface area (Å²) in [5.74, 6) is -0.150. The van der Waals surface area contributed by atoms with Crippen LogP contribution in [0.3, 0.4) is 0 Å². The van der Waals surface area contributed by atoms with Crippen LogP contribution >= 0.6 is 0 Å². The van der Waals surface area contributed by atoms with E-state index in [0.29, 0.717) is 31.1 Å². The van der Waals surface area contributed by atoms with Crippen molar-refractivity contribution in [1.29, 1.82) is 0 Å². The molecule has 250 valence electrons. The Morgan fingerprint density at radius 3 is 2.12 bits per heavy atom. The molecular weight excluding hydrogens is 548 g/mol. The maximum absolute atomic E-state index is 12.2. The van der Waals surface area contributed by atoms with Crippen LogP contribution < -0.4 is 0 Å². The standard InChI is InChI=1S/C35H62O8/c1-7-19(8-2)13-20-9-12-26(43-6)22(14-20)21-10-11-24(37)28-23(21)15-33(4)17-34(5)16-25(38)27(18(3)36)31(40)35(34,42)32(41)29(33)30(28)39/h18-32,36-42H,7-17H2,1-6H3/t18?,20?,21?,22?,23?,24?,25?,26?,27?,28?,29?,30?,31?,32?,33-,34+,35+/m0/s1. The molecule has 0 amide bonds. The minimum atomic E-state index is -2.02. The van der Waals surface area contributed by atoms with Crippen molar-refractivity contribution in [1.82, 2.24) is 0 Å². The Labute approximate surface area is 259 Å². The predicted molar refractivity (Wildman–Crippen MR) is 164 cm³/mol. The summed E-state index contributed by atoms with van der Waals surface area (Å²) < 4.78 is 6.12.